The third kappa shape index (κ3) is 1.71. The minimum Gasteiger partial charge on any atom is -0.489 e. The SMILES string of the molecule is CCOc1c(-c2c(F)c(F)c(F)c(F)c2F)c(=O)c1=O. The number of halogens is 5. The highest BCUT2D eigenvalue weighted by Crippen LogP contribution is 2.34. The van der Waals surface area contributed by atoms with Gasteiger partial charge in [0.05, 0.1) is 17.7 Å². The molecule has 0 saturated carbocycles. The van der Waals surface area contributed by atoms with Gasteiger partial charge in [-0.15, -0.1) is 0 Å². The summed E-state index contributed by atoms with van der Waals surface area (Å²) in [4.78, 5) is 22.5. The van der Waals surface area contributed by atoms with Gasteiger partial charge in [0.15, 0.2) is 29.0 Å². The van der Waals surface area contributed by atoms with Crippen molar-refractivity contribution in [3.8, 4) is 16.9 Å². The molecule has 0 aromatic heterocycles. The molecule has 3 nitrogen and oxygen atoms in total. The Morgan fingerprint density at radius 3 is 1.65 bits per heavy atom. The fourth-order valence-electron chi connectivity index (χ4n) is 1.70. The summed E-state index contributed by atoms with van der Waals surface area (Å²) in [7, 11) is 0. The molecule has 0 fully saturated rings. The van der Waals surface area contributed by atoms with Crippen molar-refractivity contribution in [1.29, 1.82) is 0 Å². The van der Waals surface area contributed by atoms with Gasteiger partial charge in [0.25, 0.3) is 5.43 Å². The van der Waals surface area contributed by atoms with Crippen molar-refractivity contribution in [2.45, 2.75) is 6.92 Å². The molecule has 0 aliphatic carbocycles. The van der Waals surface area contributed by atoms with E-state index in [0.29, 0.717) is 0 Å². The Labute approximate surface area is 107 Å². The first-order valence-corrected chi connectivity index (χ1v) is 5.30. The van der Waals surface area contributed by atoms with Gasteiger partial charge in [0, 0.05) is 0 Å². The summed E-state index contributed by atoms with van der Waals surface area (Å²) >= 11 is 0. The van der Waals surface area contributed by atoms with E-state index < -0.39 is 56.8 Å². The van der Waals surface area contributed by atoms with Crippen LogP contribution in [0.4, 0.5) is 22.0 Å². The molecule has 0 spiro atoms. The lowest BCUT2D eigenvalue weighted by atomic mass is 9.98. The molecule has 0 N–H and O–H groups in total. The Morgan fingerprint density at radius 2 is 1.20 bits per heavy atom. The molecule has 0 heterocycles. The van der Waals surface area contributed by atoms with Crippen LogP contribution in [0.1, 0.15) is 6.92 Å². The quantitative estimate of drug-likeness (QED) is 0.376. The fraction of sp³-hybridized carbons (Fsp3) is 0.167. The van der Waals surface area contributed by atoms with Crippen LogP contribution in [0.2, 0.25) is 0 Å². The molecule has 0 atom stereocenters. The second kappa shape index (κ2) is 4.69. The van der Waals surface area contributed by atoms with E-state index in [0.717, 1.165) is 0 Å². The Morgan fingerprint density at radius 1 is 0.750 bits per heavy atom. The summed E-state index contributed by atoms with van der Waals surface area (Å²) in [5.74, 6) is -11.8. The van der Waals surface area contributed by atoms with Crippen LogP contribution >= 0.6 is 0 Å². The molecule has 20 heavy (non-hydrogen) atoms. The molecule has 2 aromatic carbocycles. The maximum absolute atomic E-state index is 13.5. The van der Waals surface area contributed by atoms with E-state index in [1.54, 1.807) is 0 Å². The minimum atomic E-state index is -2.35. The predicted octanol–water partition coefficient (Wildman–Crippen LogP) is 2.04. The van der Waals surface area contributed by atoms with Gasteiger partial charge < -0.3 is 4.74 Å². The molecule has 0 radical (unpaired) electrons. The van der Waals surface area contributed by atoms with Gasteiger partial charge in [-0.2, -0.15) is 0 Å². The zero-order chi connectivity index (χ0) is 15.2. The van der Waals surface area contributed by atoms with Crippen molar-refractivity contribution < 1.29 is 26.7 Å². The van der Waals surface area contributed by atoms with Crippen LogP contribution in [0.5, 0.6) is 5.75 Å². The Hall–Kier alpha value is -2.25. The van der Waals surface area contributed by atoms with E-state index in [4.69, 9.17) is 0 Å². The largest absolute Gasteiger partial charge is 0.489 e. The van der Waals surface area contributed by atoms with Crippen molar-refractivity contribution >= 4 is 0 Å². The third-order valence-electron chi connectivity index (χ3n) is 2.62. The van der Waals surface area contributed by atoms with E-state index in [-0.39, 0.29) is 6.61 Å². The lowest BCUT2D eigenvalue weighted by Gasteiger charge is -2.13. The molecule has 106 valence electrons. The van der Waals surface area contributed by atoms with E-state index >= 15 is 0 Å². The maximum Gasteiger partial charge on any atom is 0.268 e. The summed E-state index contributed by atoms with van der Waals surface area (Å²) < 4.78 is 70.7. The van der Waals surface area contributed by atoms with Gasteiger partial charge in [0.1, 0.15) is 0 Å². The minimum absolute atomic E-state index is 0.118. The Bertz CT molecular complexity index is 745. The van der Waals surface area contributed by atoms with Crippen LogP contribution in [-0.4, -0.2) is 6.61 Å². The zero-order valence-electron chi connectivity index (χ0n) is 9.82. The molecule has 8 heteroatoms. The Kier molecular flexibility index (Phi) is 3.33. The molecule has 0 aliphatic heterocycles. The fourth-order valence-corrected chi connectivity index (χ4v) is 1.70. The number of benzene rings is 1. The van der Waals surface area contributed by atoms with Crippen LogP contribution in [0, 0.1) is 29.1 Å². The summed E-state index contributed by atoms with van der Waals surface area (Å²) in [6, 6.07) is 0. The maximum atomic E-state index is 13.5. The van der Waals surface area contributed by atoms with Crippen LogP contribution in [-0.2, 0) is 0 Å². The van der Waals surface area contributed by atoms with Crippen LogP contribution in [0.15, 0.2) is 9.59 Å². The van der Waals surface area contributed by atoms with E-state index in [2.05, 4.69) is 4.74 Å². The number of rotatable bonds is 3. The van der Waals surface area contributed by atoms with Crippen molar-refractivity contribution in [2.24, 2.45) is 0 Å². The van der Waals surface area contributed by atoms with E-state index in [1.807, 2.05) is 0 Å². The first-order valence-electron chi connectivity index (χ1n) is 5.30. The monoisotopic (exact) mass is 292 g/mol. The van der Waals surface area contributed by atoms with Crippen LogP contribution < -0.4 is 15.6 Å². The highest BCUT2D eigenvalue weighted by molar-refractivity contribution is 5.75. The number of ether oxygens (including phenoxy) is 1. The second-order valence-corrected chi connectivity index (χ2v) is 3.74. The smallest absolute Gasteiger partial charge is 0.268 e. The first kappa shape index (κ1) is 14.2. The molecule has 0 aliphatic rings. The van der Waals surface area contributed by atoms with Crippen LogP contribution in [0.3, 0.4) is 0 Å². The van der Waals surface area contributed by atoms with Crippen molar-refractivity contribution in [1.82, 2.24) is 0 Å². The summed E-state index contributed by atoms with van der Waals surface area (Å²) in [5, 5.41) is 0. The third-order valence-corrected chi connectivity index (χ3v) is 2.62. The molecule has 0 amide bonds. The lowest BCUT2D eigenvalue weighted by Crippen LogP contribution is -2.35. The molecule has 2 aromatic rings. The lowest BCUT2D eigenvalue weighted by molar-refractivity contribution is 0.333. The van der Waals surface area contributed by atoms with Crippen molar-refractivity contribution in [2.75, 3.05) is 6.61 Å². The molecule has 0 saturated heterocycles. The van der Waals surface area contributed by atoms with Gasteiger partial charge in [-0.25, -0.2) is 22.0 Å². The summed E-state index contributed by atoms with van der Waals surface area (Å²) in [6.07, 6.45) is 0. The Balaban J connectivity index is 2.82. The van der Waals surface area contributed by atoms with Crippen molar-refractivity contribution in [3.63, 3.8) is 0 Å². The normalized spacial score (nSPS) is 11.1. The van der Waals surface area contributed by atoms with Gasteiger partial charge in [-0.05, 0) is 6.92 Å². The highest BCUT2D eigenvalue weighted by Gasteiger charge is 2.34. The molecule has 0 bridgehead atoms. The summed E-state index contributed by atoms with van der Waals surface area (Å²) in [5.41, 5.74) is -4.93. The number of hydrogen-bond donors (Lipinski definition) is 0. The molecular formula is C12H5F5O3. The molecular weight excluding hydrogens is 287 g/mol. The van der Waals surface area contributed by atoms with E-state index in [9.17, 15) is 31.5 Å². The highest BCUT2D eigenvalue weighted by atomic mass is 19.2. The first-order chi connectivity index (χ1) is 9.32. The molecule has 2 rings (SSSR count). The van der Waals surface area contributed by atoms with Gasteiger partial charge in [0.2, 0.25) is 11.2 Å². The average molecular weight is 292 g/mol. The van der Waals surface area contributed by atoms with E-state index in [1.165, 1.54) is 6.92 Å². The second-order valence-electron chi connectivity index (χ2n) is 3.74. The van der Waals surface area contributed by atoms with Gasteiger partial charge in [-0.3, -0.25) is 9.59 Å². The van der Waals surface area contributed by atoms with Crippen molar-refractivity contribution in [3.05, 3.63) is 49.5 Å². The molecule has 0 unspecified atom stereocenters. The van der Waals surface area contributed by atoms with Gasteiger partial charge in [-0.1, -0.05) is 0 Å². The average Bonchev–Trinajstić information content (AvgIpc) is 2.45. The van der Waals surface area contributed by atoms with Crippen LogP contribution in [0.25, 0.3) is 11.1 Å². The topological polar surface area (TPSA) is 43.4 Å². The summed E-state index contributed by atoms with van der Waals surface area (Å²) in [6.45, 7) is 1.30. The number of hydrogen-bond acceptors (Lipinski definition) is 3. The predicted molar refractivity (Wildman–Crippen MR) is 57.7 cm³/mol. The standard InChI is InChI=1S/C12H5F5O3/c1-2-20-12-4(10(18)11(12)19)3-5(13)7(15)9(17)8(16)6(3)14/h2H2,1H3. The van der Waals surface area contributed by atoms with Gasteiger partial charge >= 0.3 is 0 Å². The zero-order valence-corrected chi connectivity index (χ0v) is 9.82.